The van der Waals surface area contributed by atoms with Crippen molar-refractivity contribution in [3.8, 4) is 0 Å². The predicted octanol–water partition coefficient (Wildman–Crippen LogP) is 3.54. The molecule has 2 aromatic rings. The second-order valence-corrected chi connectivity index (χ2v) is 8.15. The Balaban J connectivity index is 1.53. The Morgan fingerprint density at radius 1 is 1.33 bits per heavy atom. The van der Waals surface area contributed by atoms with Crippen LogP contribution >= 0.6 is 11.3 Å². The van der Waals surface area contributed by atoms with Gasteiger partial charge in [-0.3, -0.25) is 9.69 Å². The molecule has 0 radical (unpaired) electrons. The van der Waals surface area contributed by atoms with Gasteiger partial charge in [0, 0.05) is 28.7 Å². The molecule has 0 saturated carbocycles. The van der Waals surface area contributed by atoms with E-state index in [2.05, 4.69) is 23.5 Å². The number of fused-ring (bicyclic) bond motifs is 1. The van der Waals surface area contributed by atoms with Crippen LogP contribution in [0.4, 0.5) is 4.79 Å². The molecule has 1 unspecified atom stereocenters. The van der Waals surface area contributed by atoms with Gasteiger partial charge in [-0.2, -0.15) is 0 Å². The van der Waals surface area contributed by atoms with Crippen LogP contribution in [0.5, 0.6) is 0 Å². The lowest BCUT2D eigenvalue weighted by Crippen LogP contribution is -2.50. The van der Waals surface area contributed by atoms with Gasteiger partial charge in [-0.25, -0.2) is 4.79 Å². The molecule has 1 aromatic heterocycles. The van der Waals surface area contributed by atoms with Gasteiger partial charge in [0.1, 0.15) is 0 Å². The topological polar surface area (TPSA) is 72.9 Å². The highest BCUT2D eigenvalue weighted by atomic mass is 32.1. The largest absolute Gasteiger partial charge is 0.480 e. The van der Waals surface area contributed by atoms with Crippen LogP contribution in [0.15, 0.2) is 30.3 Å². The van der Waals surface area contributed by atoms with Crippen molar-refractivity contribution >= 4 is 33.4 Å². The first-order valence-electron chi connectivity index (χ1n) is 9.47. The van der Waals surface area contributed by atoms with E-state index in [1.807, 2.05) is 35.8 Å². The fourth-order valence-corrected chi connectivity index (χ4v) is 4.74. The number of benzene rings is 1. The maximum absolute atomic E-state index is 12.6. The molecule has 1 fully saturated rings. The van der Waals surface area contributed by atoms with Gasteiger partial charge in [-0.05, 0) is 43.8 Å². The number of carboxylic acid groups (broad SMARTS) is 1. The second kappa shape index (κ2) is 8.71. The van der Waals surface area contributed by atoms with E-state index in [1.54, 1.807) is 11.3 Å². The van der Waals surface area contributed by atoms with E-state index in [1.165, 1.54) is 10.1 Å². The summed E-state index contributed by atoms with van der Waals surface area (Å²) >= 11 is 1.71. The van der Waals surface area contributed by atoms with E-state index in [0.29, 0.717) is 19.6 Å². The van der Waals surface area contributed by atoms with Crippen molar-refractivity contribution in [1.82, 2.24) is 15.1 Å². The molecule has 1 aromatic carbocycles. The van der Waals surface area contributed by atoms with E-state index in [9.17, 15) is 9.59 Å². The molecule has 2 N–H and O–H groups in total. The number of rotatable bonds is 6. The lowest BCUT2D eigenvalue weighted by atomic mass is 10.0. The molecule has 1 saturated heterocycles. The van der Waals surface area contributed by atoms with Crippen LogP contribution in [0.1, 0.15) is 37.6 Å². The zero-order valence-electron chi connectivity index (χ0n) is 15.9. The van der Waals surface area contributed by atoms with Crippen molar-refractivity contribution < 1.29 is 14.7 Å². The minimum atomic E-state index is -0.797. The number of carboxylic acids is 1. The van der Waals surface area contributed by atoms with E-state index < -0.39 is 5.97 Å². The van der Waals surface area contributed by atoms with Crippen molar-refractivity contribution in [2.75, 3.05) is 26.2 Å². The normalized spacial score (nSPS) is 16.6. The van der Waals surface area contributed by atoms with Crippen LogP contribution in [0.2, 0.25) is 0 Å². The number of urea groups is 1. The van der Waals surface area contributed by atoms with Gasteiger partial charge in [0.2, 0.25) is 0 Å². The number of carbonyl (C=O) groups excluding carboxylic acids is 1. The molecule has 0 bridgehead atoms. The second-order valence-electron chi connectivity index (χ2n) is 7.03. The van der Waals surface area contributed by atoms with Gasteiger partial charge in [-0.1, -0.05) is 25.1 Å². The summed E-state index contributed by atoms with van der Waals surface area (Å²) < 4.78 is 1.23. The minimum Gasteiger partial charge on any atom is -0.480 e. The Hall–Kier alpha value is -2.12. The highest BCUT2D eigenvalue weighted by Gasteiger charge is 2.28. The summed E-state index contributed by atoms with van der Waals surface area (Å²) in [4.78, 5) is 28.6. The fraction of sp³-hybridized carbons (Fsp3) is 0.500. The van der Waals surface area contributed by atoms with Gasteiger partial charge >= 0.3 is 12.0 Å². The fourth-order valence-electron chi connectivity index (χ4n) is 3.67. The SMILES string of the molecule is CCN(CC(=O)O)C1CCN(C(=O)NC(C)c2cc3ccccc3s2)CC1. The van der Waals surface area contributed by atoms with Gasteiger partial charge < -0.3 is 15.3 Å². The Morgan fingerprint density at radius 3 is 2.67 bits per heavy atom. The standard InChI is InChI=1S/C20H27N3O3S/c1-3-22(13-19(24)25)16-8-10-23(11-9-16)20(26)21-14(2)18-12-15-6-4-5-7-17(15)27-18/h4-7,12,14,16H,3,8-11,13H2,1-2H3,(H,21,26)(H,24,25). The zero-order chi connectivity index (χ0) is 19.4. The monoisotopic (exact) mass is 389 g/mol. The van der Waals surface area contributed by atoms with Crippen molar-refractivity contribution in [2.24, 2.45) is 0 Å². The summed E-state index contributed by atoms with van der Waals surface area (Å²) in [6.07, 6.45) is 1.62. The first-order valence-corrected chi connectivity index (χ1v) is 10.3. The highest BCUT2D eigenvalue weighted by molar-refractivity contribution is 7.19. The number of nitrogens with zero attached hydrogens (tertiary/aromatic N) is 2. The van der Waals surface area contributed by atoms with Crippen LogP contribution in [-0.4, -0.2) is 59.1 Å². The van der Waals surface area contributed by atoms with Gasteiger partial charge in [-0.15, -0.1) is 11.3 Å². The molecular weight excluding hydrogens is 362 g/mol. The molecule has 3 rings (SSSR count). The third kappa shape index (κ3) is 4.78. The van der Waals surface area contributed by atoms with Gasteiger partial charge in [0.15, 0.2) is 0 Å². The molecule has 0 spiro atoms. The summed E-state index contributed by atoms with van der Waals surface area (Å²) in [5, 5.41) is 13.3. The highest BCUT2D eigenvalue weighted by Crippen LogP contribution is 2.29. The third-order valence-electron chi connectivity index (χ3n) is 5.22. The lowest BCUT2D eigenvalue weighted by molar-refractivity contribution is -0.139. The van der Waals surface area contributed by atoms with Gasteiger partial charge in [0.25, 0.3) is 0 Å². The van der Waals surface area contributed by atoms with Crippen LogP contribution in [0.25, 0.3) is 10.1 Å². The molecule has 1 aliphatic heterocycles. The molecule has 2 heterocycles. The number of amides is 2. The van der Waals surface area contributed by atoms with Crippen LogP contribution < -0.4 is 5.32 Å². The van der Waals surface area contributed by atoms with Crippen molar-refractivity contribution in [3.05, 3.63) is 35.2 Å². The summed E-state index contributed by atoms with van der Waals surface area (Å²) in [6, 6.07) is 10.5. The average molecular weight is 390 g/mol. The van der Waals surface area contributed by atoms with Crippen molar-refractivity contribution in [3.63, 3.8) is 0 Å². The zero-order valence-corrected chi connectivity index (χ0v) is 16.7. The van der Waals surface area contributed by atoms with E-state index in [0.717, 1.165) is 17.7 Å². The Kier molecular flexibility index (Phi) is 6.34. The number of likely N-dealkylation sites (tertiary alicyclic amines) is 1. The first kappa shape index (κ1) is 19.6. The summed E-state index contributed by atoms with van der Waals surface area (Å²) in [5.41, 5.74) is 0. The quantitative estimate of drug-likeness (QED) is 0.793. The number of likely N-dealkylation sites (N-methyl/N-ethyl adjacent to an activating group) is 1. The molecule has 27 heavy (non-hydrogen) atoms. The number of thiophene rings is 1. The molecular formula is C20H27N3O3S. The summed E-state index contributed by atoms with van der Waals surface area (Å²) in [5.74, 6) is -0.797. The number of hydrogen-bond acceptors (Lipinski definition) is 4. The first-order chi connectivity index (χ1) is 13.0. The van der Waals surface area contributed by atoms with Crippen LogP contribution in [0, 0.1) is 0 Å². The van der Waals surface area contributed by atoms with E-state index in [4.69, 9.17) is 5.11 Å². The molecule has 7 heteroatoms. The maximum atomic E-state index is 12.6. The molecule has 1 atom stereocenters. The number of nitrogens with one attached hydrogen (secondary N) is 1. The molecule has 1 aliphatic rings. The molecule has 146 valence electrons. The van der Waals surface area contributed by atoms with E-state index >= 15 is 0 Å². The number of hydrogen-bond donors (Lipinski definition) is 2. The maximum Gasteiger partial charge on any atom is 0.317 e. The average Bonchev–Trinajstić information content (AvgIpc) is 3.10. The predicted molar refractivity (Wildman–Crippen MR) is 108 cm³/mol. The summed E-state index contributed by atoms with van der Waals surface area (Å²) in [7, 11) is 0. The van der Waals surface area contributed by atoms with Crippen LogP contribution in [0.3, 0.4) is 0 Å². The Bertz CT molecular complexity index is 766. The Labute approximate surface area is 163 Å². The van der Waals surface area contributed by atoms with Gasteiger partial charge in [0.05, 0.1) is 12.6 Å². The molecule has 2 amide bonds. The van der Waals surface area contributed by atoms with Crippen molar-refractivity contribution in [1.29, 1.82) is 0 Å². The number of aliphatic carboxylic acids is 1. The number of piperidine rings is 1. The smallest absolute Gasteiger partial charge is 0.317 e. The van der Waals surface area contributed by atoms with Crippen LogP contribution in [-0.2, 0) is 4.79 Å². The molecule has 0 aliphatic carbocycles. The van der Waals surface area contributed by atoms with E-state index in [-0.39, 0.29) is 24.7 Å². The minimum absolute atomic E-state index is 0.0354. The summed E-state index contributed by atoms with van der Waals surface area (Å²) in [6.45, 7) is 6.09. The third-order valence-corrected chi connectivity index (χ3v) is 6.52. The Morgan fingerprint density at radius 2 is 2.04 bits per heavy atom. The van der Waals surface area contributed by atoms with Crippen molar-refractivity contribution in [2.45, 2.75) is 38.8 Å². The number of carbonyl (C=O) groups is 2. The molecule has 6 nitrogen and oxygen atoms in total. The lowest BCUT2D eigenvalue weighted by Gasteiger charge is -2.37.